The number of hydrogen-bond acceptors (Lipinski definition) is 12. The number of carbonyl (C=O) groups is 8. The molecule has 8 aliphatic heterocycles. The summed E-state index contributed by atoms with van der Waals surface area (Å²) in [4.78, 5) is 115. The molecule has 20 heteroatoms. The van der Waals surface area contributed by atoms with Crippen LogP contribution in [0.5, 0.6) is 0 Å². The third kappa shape index (κ3) is 15.7. The molecule has 0 amide bonds. The summed E-state index contributed by atoms with van der Waals surface area (Å²) in [7, 11) is -7.05. The van der Waals surface area contributed by atoms with Crippen LogP contribution in [0.2, 0.25) is 48.4 Å². The van der Waals surface area contributed by atoms with E-state index in [1.165, 1.54) is 173 Å². The zero-order valence-corrected chi connectivity index (χ0v) is 95.7. The third-order valence-electron chi connectivity index (χ3n) is 33.6. The molecule has 0 unspecified atom stereocenters. The van der Waals surface area contributed by atoms with E-state index in [4.69, 9.17) is 0 Å². The van der Waals surface area contributed by atoms with E-state index in [0.29, 0.717) is 66.8 Å². The standard InChI is InChI=1S/C35H27NO2SiTe.C34H25NO2SiTe.C31H25NO2SiTe.C30H23NO2SiTe/c37-34-26-20-23-10-2-3-11-24(23)21-27(26)35(38)28(34)22-25-16-17-33(40-25)36-29-12-4-6-14-31(29)39(18-8-1-9-19-39)32-15-7-5-13-30(32)36;36-33-25-19-22-9-1-2-10-23(22)20-26(25)34(37)27(33)21-24-15-16-32(39-24)35-28-11-3-5-13-30(28)38(17-7-8-18-38)31-14-6-4-12-29(31)35;33-30-22-10-2-3-11-23(22)31(34)24(30)20-21-16-17-29(36-21)32-25-12-4-6-14-27(25)35(18-8-1-9-19-35)28-15-7-5-13-26(28)32;32-29-21-9-1-2-10-22(21)30(33)23(29)19-20-15-16-28(35-20)31-24-11-3-5-13-26(24)34(17-7-8-18-34)27-14-6-4-12-25(27)31/h2-7,10-17,20-22H,1,8-9,18-19H2;1-6,9-16,19-21H,7-8,17-18H2;2-7,10-17,20H,1,8-9,18-19H2;1-6,9-16,19H,7-8,17-18H2. The molecule has 4 spiro atoms. The molecule has 0 radical (unpaired) electrons. The Morgan fingerprint density at radius 1 is 0.173 bits per heavy atom. The molecule has 0 N–H and O–H groups in total. The summed E-state index contributed by atoms with van der Waals surface area (Å²) in [6.07, 6.45) is 20.8. The van der Waals surface area contributed by atoms with Crippen molar-refractivity contribution in [2.24, 2.45) is 0 Å². The summed E-state index contributed by atoms with van der Waals surface area (Å²) < 4.78 is 9.78. The summed E-state index contributed by atoms with van der Waals surface area (Å²) in [5.74, 6) is -1.16. The van der Waals surface area contributed by atoms with Crippen molar-refractivity contribution in [2.75, 3.05) is 19.6 Å². The average Bonchev–Trinajstić information content (AvgIpc) is 1.19. The van der Waals surface area contributed by atoms with Gasteiger partial charge in [-0.25, -0.2) is 0 Å². The molecule has 12 heterocycles. The summed E-state index contributed by atoms with van der Waals surface area (Å²) in [5.41, 5.74) is 16.3. The van der Waals surface area contributed by atoms with Gasteiger partial charge in [0.25, 0.3) is 0 Å². The van der Waals surface area contributed by atoms with Crippen LogP contribution in [-0.4, -0.2) is 160 Å². The van der Waals surface area contributed by atoms with Crippen LogP contribution in [0.15, 0.2) is 386 Å². The van der Waals surface area contributed by atoms with Crippen LogP contribution in [0.4, 0.5) is 60.3 Å². The topological polar surface area (TPSA) is 150 Å². The molecule has 14 aromatic carbocycles. The first-order chi connectivity index (χ1) is 73.6. The Bertz CT molecular complexity index is 8560. The van der Waals surface area contributed by atoms with Crippen LogP contribution in [-0.2, 0) is 0 Å². The number of rotatable bonds is 8. The van der Waals surface area contributed by atoms with Crippen molar-refractivity contribution in [1.82, 2.24) is 0 Å². The van der Waals surface area contributed by atoms with Crippen molar-refractivity contribution in [3.8, 4) is 0 Å². The molecule has 4 aromatic heterocycles. The normalized spacial score (nSPS) is 17.3. The van der Waals surface area contributed by atoms with E-state index < -0.39 is 114 Å². The zero-order valence-electron chi connectivity index (χ0n) is 82.4. The molecule has 0 saturated carbocycles. The van der Waals surface area contributed by atoms with E-state index in [2.05, 4.69) is 262 Å². The molecule has 18 aromatic rings. The van der Waals surface area contributed by atoms with E-state index in [0.717, 1.165) is 35.9 Å². The predicted octanol–water partition coefficient (Wildman–Crippen LogP) is 24.5. The van der Waals surface area contributed by atoms with Crippen molar-refractivity contribution in [3.05, 3.63) is 445 Å². The Labute approximate surface area is 914 Å². The van der Waals surface area contributed by atoms with Gasteiger partial charge in [-0.2, -0.15) is 0 Å². The fourth-order valence-corrected chi connectivity index (χ4v) is 60.1. The van der Waals surface area contributed by atoms with Gasteiger partial charge in [0.2, 0.25) is 0 Å². The molecule has 4 fully saturated rings. The molecule has 0 atom stereocenters. The third-order valence-corrected chi connectivity index (χ3v) is 66.5. The van der Waals surface area contributed by atoms with Crippen LogP contribution in [0, 0.1) is 0 Å². The van der Waals surface area contributed by atoms with E-state index in [1.54, 1.807) is 65.8 Å². The number of ketones is 8. The van der Waals surface area contributed by atoms with Crippen LogP contribution >= 0.6 is 0 Å². The number of benzene rings is 14. The first-order valence-corrected chi connectivity index (χ1v) is 71.4. The van der Waals surface area contributed by atoms with Crippen LogP contribution in [0.3, 0.4) is 0 Å². The van der Waals surface area contributed by atoms with Gasteiger partial charge in [0.1, 0.15) is 0 Å². The Hall–Kier alpha value is -12.9. The van der Waals surface area contributed by atoms with Gasteiger partial charge >= 0.3 is 924 Å². The van der Waals surface area contributed by atoms with Gasteiger partial charge < -0.3 is 0 Å². The second-order valence-electron chi connectivity index (χ2n) is 41.5. The minimum atomic E-state index is -1.80. The van der Waals surface area contributed by atoms with Crippen molar-refractivity contribution < 1.29 is 38.4 Å². The van der Waals surface area contributed by atoms with Gasteiger partial charge in [-0.05, 0) is 0 Å². The van der Waals surface area contributed by atoms with Gasteiger partial charge in [0.15, 0.2) is 0 Å². The number of anilines is 12. The zero-order chi connectivity index (χ0) is 101. The van der Waals surface area contributed by atoms with E-state index in [-0.39, 0.29) is 46.3 Å². The number of hydrogen-bond donors (Lipinski definition) is 0. The number of fused-ring (bicyclic) bond motifs is 22. The van der Waals surface area contributed by atoms with Crippen molar-refractivity contribution in [3.63, 3.8) is 0 Å². The Morgan fingerprint density at radius 2 is 0.333 bits per heavy atom. The number of nitrogens with zero attached hydrogens (tertiary/aromatic N) is 4. The minimum absolute atomic E-state index is 0.142. The maximum atomic E-state index is 13.4. The molecule has 30 rings (SSSR count). The van der Waals surface area contributed by atoms with E-state index >= 15 is 0 Å². The van der Waals surface area contributed by atoms with Crippen LogP contribution in [0.25, 0.3) is 45.8 Å². The molecular weight excluding hydrogens is 2370 g/mol. The van der Waals surface area contributed by atoms with E-state index in [1.807, 2.05) is 121 Å². The molecule has 12 aliphatic rings. The summed E-state index contributed by atoms with van der Waals surface area (Å²) in [6.45, 7) is 0. The van der Waals surface area contributed by atoms with Gasteiger partial charge in [0.05, 0.1) is 0 Å². The molecule has 150 heavy (non-hydrogen) atoms. The van der Waals surface area contributed by atoms with Crippen molar-refractivity contribution in [1.29, 1.82) is 0 Å². The van der Waals surface area contributed by atoms with Gasteiger partial charge in [-0.15, -0.1) is 0 Å². The van der Waals surface area contributed by atoms with Gasteiger partial charge in [-0.1, -0.05) is 0 Å². The molecule has 12 nitrogen and oxygen atoms in total. The first-order valence-electron chi connectivity index (χ1n) is 52.5. The Kier molecular flexibility index (Phi) is 24.7. The first kappa shape index (κ1) is 95.4. The van der Waals surface area contributed by atoms with Gasteiger partial charge in [0, 0.05) is 0 Å². The molecule has 4 saturated heterocycles. The number of para-hydroxylation sites is 8. The number of Topliss-reactive ketones (excluding diaryl/α,β-unsaturated/α-hetero) is 8. The number of carbonyl (C=O) groups excluding carboxylic acids is 8. The Balaban J connectivity index is 0.0000000985. The quantitative estimate of drug-likeness (QED) is 0.0809. The van der Waals surface area contributed by atoms with E-state index in [9.17, 15) is 38.4 Å². The fraction of sp³-hybridized carbons (Fsp3) is 0.138. The molecular formula is C130H100N4O8Si4Te4. The maximum absolute atomic E-state index is 13.4. The van der Waals surface area contributed by atoms with Crippen LogP contribution < -0.4 is 61.1 Å². The van der Waals surface area contributed by atoms with Crippen molar-refractivity contribution in [2.45, 2.75) is 113 Å². The second kappa shape index (κ2) is 38.8. The second-order valence-corrected chi connectivity index (χ2v) is 70.9. The fourth-order valence-electron chi connectivity index (χ4n) is 26.9. The van der Waals surface area contributed by atoms with Gasteiger partial charge in [-0.3, -0.25) is 0 Å². The monoisotopic (exact) mass is 2480 g/mol. The molecule has 728 valence electrons. The summed E-state index contributed by atoms with van der Waals surface area (Å²) >= 11 is -3.15. The number of allylic oxidation sites excluding steroid dienone is 4. The van der Waals surface area contributed by atoms with Crippen LogP contribution in [0.1, 0.15) is 161 Å². The van der Waals surface area contributed by atoms with Crippen molar-refractivity contribution >= 4 is 308 Å². The average molecular weight is 2470 g/mol. The summed E-state index contributed by atoms with van der Waals surface area (Å²) in [6, 6.07) is 138. The SMILES string of the molecule is O=C1C(=Cc2ccc(N3c4ccccc4[Si]4(CCCC4)c4ccccc43)[te]2)C(=O)c2cc3ccccc3cc21.O=C1C(=Cc2ccc(N3c4ccccc4[Si]4(CCCC4)c4ccccc43)[te]2)C(=O)c2ccccc21.O=C1C(=Cc2ccc(N3c4ccccc4[Si]4(CCCCC4)c4ccccc43)[te]2)C(=O)c2cc3ccccc3cc21.O=C1C(=Cc2ccc(N3c4ccccc4[Si]4(CCCCC4)c4ccccc43)[te]2)C(=O)c2ccccc21. The predicted molar refractivity (Wildman–Crippen MR) is 624 cm³/mol. The molecule has 0 bridgehead atoms. The molecule has 4 aliphatic carbocycles. The Morgan fingerprint density at radius 3 is 0.527 bits per heavy atom. The summed E-state index contributed by atoms with van der Waals surface area (Å²) in [5, 5.41) is 16.6.